The third kappa shape index (κ3) is 1.58. The molecule has 0 spiro atoms. The third-order valence-electron chi connectivity index (χ3n) is 1.08. The first kappa shape index (κ1) is 7.79. The van der Waals surface area contributed by atoms with Crippen LogP contribution < -0.4 is 5.48 Å². The second kappa shape index (κ2) is 3.19. The van der Waals surface area contributed by atoms with E-state index >= 15 is 0 Å². The van der Waals surface area contributed by atoms with Gasteiger partial charge in [0.25, 0.3) is 0 Å². The monoisotopic (exact) mass is 168 g/mol. The molecule has 0 aromatic carbocycles. The molecular weight excluding hydrogens is 166 g/mol. The fraction of sp³-hybridized carbons (Fsp3) is 0. The van der Waals surface area contributed by atoms with Crippen LogP contribution in [0, 0.1) is 16.5 Å². The van der Waals surface area contributed by atoms with Gasteiger partial charge in [0.05, 0.1) is 5.69 Å². The number of pyridine rings is 1. The topological polar surface area (TPSA) is 71.8 Å². The quantitative estimate of drug-likeness (QED) is 0.510. The molecule has 0 aliphatic carbocycles. The van der Waals surface area contributed by atoms with E-state index in [9.17, 15) is 5.21 Å². The van der Waals surface area contributed by atoms with Crippen molar-refractivity contribution in [3.8, 4) is 6.07 Å². The van der Waals surface area contributed by atoms with Gasteiger partial charge in [-0.2, -0.15) is 5.26 Å². The van der Waals surface area contributed by atoms with Gasteiger partial charge in [0.15, 0.2) is 5.69 Å². The molecule has 0 atom stereocenters. The molecule has 1 rings (SSSR count). The van der Waals surface area contributed by atoms with E-state index in [1.54, 1.807) is 11.5 Å². The molecule has 5 heteroatoms. The number of anilines is 1. The van der Waals surface area contributed by atoms with Gasteiger partial charge in [0.2, 0.25) is 0 Å². The maximum Gasteiger partial charge on any atom is 0.164 e. The maximum atomic E-state index is 10.1. The summed E-state index contributed by atoms with van der Waals surface area (Å²) in [6, 6.07) is 4.57. The molecule has 0 unspecified atom stereocenters. The summed E-state index contributed by atoms with van der Waals surface area (Å²) in [5.41, 5.74) is 1.72. The second-order valence-corrected chi connectivity index (χ2v) is 2.13. The van der Waals surface area contributed by atoms with Crippen LogP contribution in [0.4, 0.5) is 5.69 Å². The highest BCUT2D eigenvalue weighted by molar-refractivity contribution is 6.29. The van der Waals surface area contributed by atoms with Crippen molar-refractivity contribution < 1.29 is 0 Å². The molecule has 0 bridgehead atoms. The van der Waals surface area contributed by atoms with Crippen molar-refractivity contribution in [2.45, 2.75) is 0 Å². The van der Waals surface area contributed by atoms with E-state index in [2.05, 4.69) is 4.98 Å². The summed E-state index contributed by atoms with van der Waals surface area (Å²) in [6.07, 6.45) is 0. The van der Waals surface area contributed by atoms with Gasteiger partial charge in [-0.05, 0) is 12.1 Å². The minimum Gasteiger partial charge on any atom is -0.761 e. The Kier molecular flexibility index (Phi) is 2.26. The number of hydrogen-bond donors (Lipinski definition) is 1. The molecule has 0 aliphatic heterocycles. The molecule has 1 aromatic heterocycles. The fourth-order valence-electron chi connectivity index (χ4n) is 0.603. The zero-order chi connectivity index (χ0) is 8.27. The minimum absolute atomic E-state index is 0.00694. The van der Waals surface area contributed by atoms with E-state index in [1.807, 2.05) is 0 Å². The van der Waals surface area contributed by atoms with Crippen LogP contribution >= 0.6 is 11.6 Å². The summed E-state index contributed by atoms with van der Waals surface area (Å²) < 4.78 is 0. The molecule has 1 aromatic rings. The molecule has 56 valence electrons. The number of halogens is 1. The Labute approximate surface area is 68.0 Å². The standard InChI is InChI=1S/C6H3ClN3O/c7-6-2-1-4(10-11)5(3-8)9-6/h1-2,10H/q-1. The van der Waals surface area contributed by atoms with Crippen LogP contribution in [0.3, 0.4) is 0 Å². The zero-order valence-corrected chi connectivity index (χ0v) is 6.09. The minimum atomic E-state index is 0.00694. The molecular formula is C6H3ClN3O-. The molecule has 0 radical (unpaired) electrons. The normalized spacial score (nSPS) is 8.82. The predicted molar refractivity (Wildman–Crippen MR) is 41.0 cm³/mol. The van der Waals surface area contributed by atoms with E-state index in [-0.39, 0.29) is 16.5 Å². The van der Waals surface area contributed by atoms with E-state index in [1.165, 1.54) is 12.1 Å². The smallest absolute Gasteiger partial charge is 0.164 e. The van der Waals surface area contributed by atoms with Crippen molar-refractivity contribution in [1.82, 2.24) is 4.98 Å². The van der Waals surface area contributed by atoms with Crippen LogP contribution in [-0.4, -0.2) is 4.98 Å². The summed E-state index contributed by atoms with van der Waals surface area (Å²) >= 11 is 5.46. The van der Waals surface area contributed by atoms with Crippen LogP contribution in [0.1, 0.15) is 5.69 Å². The van der Waals surface area contributed by atoms with Gasteiger partial charge in [-0.25, -0.2) is 4.98 Å². The molecule has 0 saturated carbocycles. The number of rotatable bonds is 1. The van der Waals surface area contributed by atoms with Gasteiger partial charge in [-0.3, -0.25) is 0 Å². The Hall–Kier alpha value is -1.31. The fourth-order valence-corrected chi connectivity index (χ4v) is 0.750. The van der Waals surface area contributed by atoms with Gasteiger partial charge < -0.3 is 10.7 Å². The molecule has 11 heavy (non-hydrogen) atoms. The first-order valence-electron chi connectivity index (χ1n) is 2.72. The Morgan fingerprint density at radius 3 is 2.91 bits per heavy atom. The van der Waals surface area contributed by atoms with Gasteiger partial charge >= 0.3 is 0 Å². The number of nitrogens with one attached hydrogen (secondary N) is 1. The van der Waals surface area contributed by atoms with Crippen LogP contribution in [0.15, 0.2) is 12.1 Å². The number of nitrogens with zero attached hydrogens (tertiary/aromatic N) is 2. The van der Waals surface area contributed by atoms with Gasteiger partial charge in [0, 0.05) is 0 Å². The molecule has 4 nitrogen and oxygen atoms in total. The Bertz CT molecular complexity index is 307. The number of nitriles is 1. The molecule has 0 fully saturated rings. The van der Waals surface area contributed by atoms with Crippen molar-refractivity contribution in [2.75, 3.05) is 5.48 Å². The van der Waals surface area contributed by atoms with Crippen molar-refractivity contribution >= 4 is 17.3 Å². The van der Waals surface area contributed by atoms with Crippen LogP contribution in [0.25, 0.3) is 0 Å². The lowest BCUT2D eigenvalue weighted by atomic mass is 10.3. The largest absolute Gasteiger partial charge is 0.761 e. The van der Waals surface area contributed by atoms with Gasteiger partial charge in [0.1, 0.15) is 11.2 Å². The van der Waals surface area contributed by atoms with Crippen molar-refractivity contribution in [1.29, 1.82) is 5.26 Å². The summed E-state index contributed by atoms with van der Waals surface area (Å²) in [5.74, 6) is 0. The van der Waals surface area contributed by atoms with E-state index < -0.39 is 0 Å². The molecule has 0 aliphatic rings. The van der Waals surface area contributed by atoms with Crippen LogP contribution in [0.2, 0.25) is 5.15 Å². The second-order valence-electron chi connectivity index (χ2n) is 1.74. The highest BCUT2D eigenvalue weighted by Gasteiger charge is 1.99. The first-order chi connectivity index (χ1) is 5.27. The number of aromatic nitrogens is 1. The van der Waals surface area contributed by atoms with Crippen molar-refractivity contribution in [3.63, 3.8) is 0 Å². The van der Waals surface area contributed by atoms with E-state index in [4.69, 9.17) is 16.9 Å². The highest BCUT2D eigenvalue weighted by Crippen LogP contribution is 2.14. The lowest BCUT2D eigenvalue weighted by Gasteiger charge is -2.09. The van der Waals surface area contributed by atoms with Crippen LogP contribution in [-0.2, 0) is 0 Å². The summed E-state index contributed by atoms with van der Waals surface area (Å²) in [7, 11) is 0. The maximum absolute atomic E-state index is 10.1. The third-order valence-corrected chi connectivity index (χ3v) is 1.29. The molecule has 0 amide bonds. The lowest BCUT2D eigenvalue weighted by Crippen LogP contribution is -1.92. The summed E-state index contributed by atoms with van der Waals surface area (Å²) in [5, 5.41) is 18.8. The highest BCUT2D eigenvalue weighted by atomic mass is 35.5. The predicted octanol–water partition coefficient (Wildman–Crippen LogP) is 1.52. The first-order valence-corrected chi connectivity index (χ1v) is 3.10. The van der Waals surface area contributed by atoms with Crippen LogP contribution in [0.5, 0.6) is 0 Å². The van der Waals surface area contributed by atoms with E-state index in [0.717, 1.165) is 0 Å². The Balaban J connectivity index is 3.19. The zero-order valence-electron chi connectivity index (χ0n) is 5.34. The Morgan fingerprint density at radius 2 is 2.36 bits per heavy atom. The molecule has 0 saturated heterocycles. The summed E-state index contributed by atoms with van der Waals surface area (Å²) in [4.78, 5) is 3.60. The number of hydrogen-bond acceptors (Lipinski definition) is 4. The SMILES string of the molecule is N#Cc1nc(Cl)ccc1N[O-]. The summed E-state index contributed by atoms with van der Waals surface area (Å²) in [6.45, 7) is 0. The molecule has 1 N–H and O–H groups in total. The average Bonchev–Trinajstić information content (AvgIpc) is 2.04. The molecule has 1 heterocycles. The Morgan fingerprint density at radius 1 is 1.64 bits per heavy atom. The van der Waals surface area contributed by atoms with E-state index in [0.29, 0.717) is 0 Å². The van der Waals surface area contributed by atoms with Crippen molar-refractivity contribution in [3.05, 3.63) is 28.2 Å². The van der Waals surface area contributed by atoms with Crippen molar-refractivity contribution in [2.24, 2.45) is 0 Å². The average molecular weight is 169 g/mol. The lowest BCUT2D eigenvalue weighted by molar-refractivity contribution is 1.26. The van der Waals surface area contributed by atoms with Gasteiger partial charge in [-0.1, -0.05) is 11.6 Å². The van der Waals surface area contributed by atoms with Gasteiger partial charge in [-0.15, -0.1) is 0 Å².